The topological polar surface area (TPSA) is 116 Å². The number of anilines is 1. The number of halogens is 1. The summed E-state index contributed by atoms with van der Waals surface area (Å²) >= 11 is 6.23. The summed E-state index contributed by atoms with van der Waals surface area (Å²) in [5.74, 6) is -0.0478. The van der Waals surface area contributed by atoms with Crippen molar-refractivity contribution in [1.82, 2.24) is 14.7 Å². The number of rotatable bonds is 4. The van der Waals surface area contributed by atoms with Crippen LogP contribution in [0.3, 0.4) is 0 Å². The highest BCUT2D eigenvalue weighted by molar-refractivity contribution is 6.31. The molecule has 2 amide bonds. The zero-order chi connectivity index (χ0) is 23.4. The van der Waals surface area contributed by atoms with Crippen LogP contribution in [-0.4, -0.2) is 52.8 Å². The number of likely N-dealkylation sites (tertiary alicyclic amines) is 1. The van der Waals surface area contributed by atoms with E-state index >= 15 is 0 Å². The van der Waals surface area contributed by atoms with Gasteiger partial charge in [-0.1, -0.05) is 30.3 Å². The summed E-state index contributed by atoms with van der Waals surface area (Å²) in [6, 6.07) is 5.93. The molecule has 2 heterocycles. The molecule has 32 heavy (non-hydrogen) atoms. The van der Waals surface area contributed by atoms with Crippen molar-refractivity contribution in [1.29, 1.82) is 0 Å². The SMILES string of the molecule is C=CC(=O)N1CCC(OC)C1.Cn1nc(C2CCc3c(Cl)cccc3C2)c(C(N)=O)c1N. The van der Waals surface area contributed by atoms with Crippen LogP contribution in [0.1, 0.15) is 45.9 Å². The quantitative estimate of drug-likeness (QED) is 0.681. The fourth-order valence-electron chi connectivity index (χ4n) is 4.34. The van der Waals surface area contributed by atoms with Crippen LogP contribution in [-0.2, 0) is 29.4 Å². The molecule has 1 aromatic heterocycles. The first-order valence-corrected chi connectivity index (χ1v) is 11.0. The zero-order valence-electron chi connectivity index (χ0n) is 18.5. The molecule has 2 unspecified atom stereocenters. The van der Waals surface area contributed by atoms with Crippen LogP contribution in [0.25, 0.3) is 0 Å². The summed E-state index contributed by atoms with van der Waals surface area (Å²) < 4.78 is 6.62. The van der Waals surface area contributed by atoms with Crippen LogP contribution < -0.4 is 11.5 Å². The molecule has 1 aliphatic heterocycles. The van der Waals surface area contributed by atoms with Gasteiger partial charge < -0.3 is 21.1 Å². The van der Waals surface area contributed by atoms with Crippen LogP contribution in [0.15, 0.2) is 30.9 Å². The molecular weight excluding hydrogens is 430 g/mol. The van der Waals surface area contributed by atoms with Gasteiger partial charge in [-0.2, -0.15) is 5.10 Å². The summed E-state index contributed by atoms with van der Waals surface area (Å²) in [6.45, 7) is 4.93. The number of primary amides is 1. The number of carbonyl (C=O) groups is 2. The molecule has 2 atom stereocenters. The molecule has 0 saturated carbocycles. The maximum atomic E-state index is 11.7. The fraction of sp³-hybridized carbons (Fsp3) is 0.435. The van der Waals surface area contributed by atoms with Gasteiger partial charge in [0.05, 0.1) is 11.8 Å². The smallest absolute Gasteiger partial charge is 0.254 e. The van der Waals surface area contributed by atoms with Crippen molar-refractivity contribution < 1.29 is 14.3 Å². The van der Waals surface area contributed by atoms with Gasteiger partial charge in [0.15, 0.2) is 0 Å². The zero-order valence-corrected chi connectivity index (χ0v) is 19.3. The molecule has 8 nitrogen and oxygen atoms in total. The van der Waals surface area contributed by atoms with E-state index < -0.39 is 5.91 Å². The van der Waals surface area contributed by atoms with E-state index in [1.54, 1.807) is 19.1 Å². The number of aryl methyl sites for hydroxylation is 1. The molecule has 2 aromatic rings. The van der Waals surface area contributed by atoms with Crippen LogP contribution >= 0.6 is 11.6 Å². The van der Waals surface area contributed by atoms with Crippen molar-refractivity contribution in [2.24, 2.45) is 12.8 Å². The van der Waals surface area contributed by atoms with Crippen LogP contribution in [0.5, 0.6) is 0 Å². The van der Waals surface area contributed by atoms with Crippen LogP contribution in [0.2, 0.25) is 5.02 Å². The van der Waals surface area contributed by atoms with E-state index in [0.717, 1.165) is 37.3 Å². The number of benzene rings is 1. The van der Waals surface area contributed by atoms with E-state index in [2.05, 4.69) is 17.7 Å². The average Bonchev–Trinajstić information content (AvgIpc) is 3.38. The molecular formula is C23H30ClN5O3. The summed E-state index contributed by atoms with van der Waals surface area (Å²) in [5.41, 5.74) is 14.8. The number of carbonyl (C=O) groups excluding carboxylic acids is 2. The second kappa shape index (κ2) is 10.2. The summed E-state index contributed by atoms with van der Waals surface area (Å²) in [6.07, 6.45) is 5.06. The molecule has 0 bridgehead atoms. The van der Waals surface area contributed by atoms with E-state index in [1.165, 1.54) is 21.9 Å². The molecule has 172 valence electrons. The van der Waals surface area contributed by atoms with Gasteiger partial charge in [-0.3, -0.25) is 14.3 Å². The first-order valence-electron chi connectivity index (χ1n) is 10.6. The lowest BCUT2D eigenvalue weighted by atomic mass is 9.81. The predicted molar refractivity (Wildman–Crippen MR) is 125 cm³/mol. The molecule has 2 aliphatic rings. The first-order chi connectivity index (χ1) is 15.3. The molecule has 0 radical (unpaired) electrons. The Morgan fingerprint density at radius 1 is 1.34 bits per heavy atom. The molecule has 4 N–H and O–H groups in total. The van der Waals surface area contributed by atoms with Crippen molar-refractivity contribution in [2.75, 3.05) is 25.9 Å². The van der Waals surface area contributed by atoms with E-state index in [4.69, 9.17) is 27.8 Å². The minimum absolute atomic E-state index is 0.00421. The maximum Gasteiger partial charge on any atom is 0.254 e. The third kappa shape index (κ3) is 4.97. The number of nitrogen functional groups attached to an aromatic ring is 1. The molecule has 1 aromatic carbocycles. The number of nitrogens with two attached hydrogens (primary N) is 2. The number of hydrogen-bond acceptors (Lipinski definition) is 5. The monoisotopic (exact) mass is 459 g/mol. The summed E-state index contributed by atoms with van der Waals surface area (Å²) in [4.78, 5) is 24.4. The number of methoxy groups -OCH3 is 1. The lowest BCUT2D eigenvalue weighted by Gasteiger charge is -2.24. The fourth-order valence-corrected chi connectivity index (χ4v) is 4.63. The Kier molecular flexibility index (Phi) is 7.58. The number of aromatic nitrogens is 2. The van der Waals surface area contributed by atoms with Gasteiger partial charge in [0.2, 0.25) is 5.91 Å². The van der Waals surface area contributed by atoms with Gasteiger partial charge in [-0.15, -0.1) is 0 Å². The number of hydrogen-bond donors (Lipinski definition) is 2. The lowest BCUT2D eigenvalue weighted by Crippen LogP contribution is -2.27. The molecule has 1 fully saturated rings. The number of ether oxygens (including phenoxy) is 1. The van der Waals surface area contributed by atoms with Gasteiger partial charge in [0.1, 0.15) is 11.4 Å². The largest absolute Gasteiger partial charge is 0.383 e. The van der Waals surface area contributed by atoms with Crippen molar-refractivity contribution >= 4 is 29.2 Å². The van der Waals surface area contributed by atoms with Crippen LogP contribution in [0.4, 0.5) is 5.82 Å². The average molecular weight is 460 g/mol. The minimum atomic E-state index is -0.521. The predicted octanol–water partition coefficient (Wildman–Crippen LogP) is 2.45. The van der Waals surface area contributed by atoms with E-state index in [0.29, 0.717) is 23.6 Å². The minimum Gasteiger partial charge on any atom is -0.383 e. The van der Waals surface area contributed by atoms with Crippen molar-refractivity contribution in [3.8, 4) is 0 Å². The third-order valence-electron chi connectivity index (χ3n) is 6.14. The molecule has 4 rings (SSSR count). The molecule has 0 spiro atoms. The van der Waals surface area contributed by atoms with Gasteiger partial charge in [0, 0.05) is 38.2 Å². The highest BCUT2D eigenvalue weighted by Gasteiger charge is 2.29. The van der Waals surface area contributed by atoms with Crippen molar-refractivity contribution in [2.45, 2.75) is 37.7 Å². The van der Waals surface area contributed by atoms with Crippen molar-refractivity contribution in [3.05, 3.63) is 58.3 Å². The number of amides is 2. The van der Waals surface area contributed by atoms with E-state index in [-0.39, 0.29) is 17.9 Å². The number of fused-ring (bicyclic) bond motifs is 1. The second-order valence-electron chi connectivity index (χ2n) is 8.09. The van der Waals surface area contributed by atoms with E-state index in [9.17, 15) is 9.59 Å². The van der Waals surface area contributed by atoms with Crippen LogP contribution in [0, 0.1) is 0 Å². The first kappa shape index (κ1) is 23.8. The Bertz CT molecular complexity index is 1020. The molecule has 1 saturated heterocycles. The Hall–Kier alpha value is -2.84. The Balaban J connectivity index is 0.000000222. The Morgan fingerprint density at radius 3 is 2.72 bits per heavy atom. The molecule has 9 heteroatoms. The second-order valence-corrected chi connectivity index (χ2v) is 8.49. The Labute approximate surface area is 193 Å². The van der Waals surface area contributed by atoms with Gasteiger partial charge >= 0.3 is 0 Å². The molecule has 1 aliphatic carbocycles. The standard InChI is InChI=1S/C15H17ClN4O.C8H13NO2/c1-20-14(17)12(15(18)21)13(19-20)9-5-6-10-8(7-9)3-2-4-11(10)16;1-3-8(10)9-5-4-7(6-9)11-2/h2-4,9H,5-7,17H2,1H3,(H2,18,21);3,7H,1,4-6H2,2H3. The Morgan fingerprint density at radius 2 is 2.09 bits per heavy atom. The van der Waals surface area contributed by atoms with Crippen molar-refractivity contribution in [3.63, 3.8) is 0 Å². The number of nitrogens with zero attached hydrogens (tertiary/aromatic N) is 3. The summed E-state index contributed by atoms with van der Waals surface area (Å²) in [5, 5.41) is 5.22. The maximum absolute atomic E-state index is 11.7. The third-order valence-corrected chi connectivity index (χ3v) is 6.50. The van der Waals surface area contributed by atoms with Gasteiger partial charge in [-0.05, 0) is 49.0 Å². The normalized spacial score (nSPS) is 19.7. The van der Waals surface area contributed by atoms with Gasteiger partial charge in [0.25, 0.3) is 5.91 Å². The highest BCUT2D eigenvalue weighted by atomic mass is 35.5. The van der Waals surface area contributed by atoms with Gasteiger partial charge in [-0.25, -0.2) is 0 Å². The highest BCUT2D eigenvalue weighted by Crippen LogP contribution is 2.37. The summed E-state index contributed by atoms with van der Waals surface area (Å²) in [7, 11) is 3.39. The van der Waals surface area contributed by atoms with E-state index in [1.807, 2.05) is 12.1 Å². The lowest BCUT2D eigenvalue weighted by molar-refractivity contribution is -0.125.